The highest BCUT2D eigenvalue weighted by atomic mass is 19.1. The SMILES string of the molecule is Cc1nc(C(C)(C)O)ncc1-c1cn2c(CN3C(=O)[C@@H](C)Oc4c(F)cccc43)c(C)nc2cn1. The van der Waals surface area contributed by atoms with Crippen molar-refractivity contribution in [1.82, 2.24) is 24.3 Å². The number of anilines is 1. The van der Waals surface area contributed by atoms with E-state index in [0.717, 1.165) is 11.4 Å². The first-order valence-electron chi connectivity index (χ1n) is 11.2. The lowest BCUT2D eigenvalue weighted by atomic mass is 10.1. The summed E-state index contributed by atoms with van der Waals surface area (Å²) in [7, 11) is 0. The van der Waals surface area contributed by atoms with Crippen LogP contribution in [0.15, 0.2) is 36.8 Å². The maximum absolute atomic E-state index is 14.4. The van der Waals surface area contributed by atoms with Gasteiger partial charge < -0.3 is 9.84 Å². The molecule has 4 heterocycles. The number of rotatable bonds is 4. The topological polar surface area (TPSA) is 106 Å². The standard InChI is InChI=1S/C25H25FN6O3/c1-13-16(9-28-24(30-13)25(4,5)34)18-11-31-20(14(2)29-21(31)10-27-18)12-32-19-8-6-7-17(26)22(19)35-15(3)23(32)33/h6-11,15,34H,12H2,1-5H3/t15-/m1/s1. The second-order valence-electron chi connectivity index (χ2n) is 9.17. The number of hydrogen-bond donors (Lipinski definition) is 1. The van der Waals surface area contributed by atoms with Crippen LogP contribution in [0.25, 0.3) is 16.9 Å². The number of para-hydroxylation sites is 1. The molecular formula is C25H25FN6O3. The van der Waals surface area contributed by atoms with Crippen LogP contribution in [-0.2, 0) is 16.9 Å². The van der Waals surface area contributed by atoms with Crippen LogP contribution in [-0.4, -0.2) is 41.5 Å². The van der Waals surface area contributed by atoms with E-state index in [1.54, 1.807) is 45.3 Å². The lowest BCUT2D eigenvalue weighted by Gasteiger charge is -2.33. The predicted molar refractivity (Wildman–Crippen MR) is 126 cm³/mol. The van der Waals surface area contributed by atoms with E-state index in [0.29, 0.717) is 34.1 Å². The highest BCUT2D eigenvalue weighted by molar-refractivity contribution is 5.99. The Bertz CT molecular complexity index is 1480. The molecule has 1 amide bonds. The highest BCUT2D eigenvalue weighted by Gasteiger charge is 2.34. The molecule has 0 aliphatic carbocycles. The summed E-state index contributed by atoms with van der Waals surface area (Å²) in [5.41, 5.74) is 3.30. The Labute approximate surface area is 201 Å². The molecular weight excluding hydrogens is 451 g/mol. The van der Waals surface area contributed by atoms with Gasteiger partial charge in [0.05, 0.1) is 41.2 Å². The fourth-order valence-corrected chi connectivity index (χ4v) is 4.17. The molecule has 4 aromatic rings. The van der Waals surface area contributed by atoms with E-state index in [9.17, 15) is 14.3 Å². The Balaban J connectivity index is 1.58. The summed E-state index contributed by atoms with van der Waals surface area (Å²) in [4.78, 5) is 32.4. The van der Waals surface area contributed by atoms with Crippen LogP contribution in [0.4, 0.5) is 10.1 Å². The van der Waals surface area contributed by atoms with Crippen LogP contribution < -0.4 is 9.64 Å². The van der Waals surface area contributed by atoms with E-state index < -0.39 is 17.5 Å². The third-order valence-electron chi connectivity index (χ3n) is 6.06. The summed E-state index contributed by atoms with van der Waals surface area (Å²) in [5, 5.41) is 10.2. The zero-order chi connectivity index (χ0) is 25.1. The van der Waals surface area contributed by atoms with Crippen molar-refractivity contribution in [2.75, 3.05) is 4.90 Å². The fraction of sp³-hybridized carbons (Fsp3) is 0.320. The van der Waals surface area contributed by atoms with Gasteiger partial charge in [0, 0.05) is 18.0 Å². The highest BCUT2D eigenvalue weighted by Crippen LogP contribution is 2.37. The summed E-state index contributed by atoms with van der Waals surface area (Å²) >= 11 is 0. The van der Waals surface area contributed by atoms with Crippen LogP contribution >= 0.6 is 0 Å². The summed E-state index contributed by atoms with van der Waals surface area (Å²) in [6.07, 6.45) is 4.29. The average Bonchev–Trinajstić information content (AvgIpc) is 3.11. The second-order valence-corrected chi connectivity index (χ2v) is 9.17. The minimum Gasteiger partial charge on any atom is -0.476 e. The molecule has 35 heavy (non-hydrogen) atoms. The van der Waals surface area contributed by atoms with Crippen LogP contribution in [0.5, 0.6) is 5.75 Å². The van der Waals surface area contributed by atoms with Crippen LogP contribution in [0, 0.1) is 19.7 Å². The molecule has 9 nitrogen and oxygen atoms in total. The molecule has 5 rings (SSSR count). The van der Waals surface area contributed by atoms with Crippen LogP contribution in [0.2, 0.25) is 0 Å². The molecule has 0 radical (unpaired) electrons. The third kappa shape index (κ3) is 3.89. The molecule has 1 aliphatic rings. The maximum atomic E-state index is 14.4. The predicted octanol–water partition coefficient (Wildman–Crippen LogP) is 3.48. The smallest absolute Gasteiger partial charge is 0.268 e. The van der Waals surface area contributed by atoms with E-state index in [4.69, 9.17) is 4.74 Å². The molecule has 0 saturated carbocycles. The average molecular weight is 477 g/mol. The van der Waals surface area contributed by atoms with Crippen molar-refractivity contribution in [3.8, 4) is 17.0 Å². The minimum absolute atomic E-state index is 0.0631. The van der Waals surface area contributed by atoms with Crippen molar-refractivity contribution in [3.63, 3.8) is 0 Å². The number of hydrogen-bond acceptors (Lipinski definition) is 7. The lowest BCUT2D eigenvalue weighted by Crippen LogP contribution is -2.44. The van der Waals surface area contributed by atoms with E-state index >= 15 is 0 Å². The number of ether oxygens (including phenoxy) is 1. The van der Waals surface area contributed by atoms with Gasteiger partial charge in [0.2, 0.25) is 0 Å². The quantitative estimate of drug-likeness (QED) is 0.481. The second kappa shape index (κ2) is 8.09. The van der Waals surface area contributed by atoms with Crippen molar-refractivity contribution >= 4 is 17.2 Å². The number of benzene rings is 1. The molecule has 180 valence electrons. The van der Waals surface area contributed by atoms with Gasteiger partial charge in [-0.05, 0) is 46.8 Å². The summed E-state index contributed by atoms with van der Waals surface area (Å²) in [6, 6.07) is 4.53. The molecule has 1 aliphatic heterocycles. The largest absolute Gasteiger partial charge is 0.476 e. The van der Waals surface area contributed by atoms with Crippen LogP contribution in [0.1, 0.15) is 43.7 Å². The van der Waals surface area contributed by atoms with Crippen molar-refractivity contribution in [2.24, 2.45) is 0 Å². The fourth-order valence-electron chi connectivity index (χ4n) is 4.17. The van der Waals surface area contributed by atoms with Gasteiger partial charge in [0.25, 0.3) is 5.91 Å². The molecule has 1 N–H and O–H groups in total. The molecule has 0 bridgehead atoms. The number of carbonyl (C=O) groups is 1. The van der Waals surface area contributed by atoms with Crippen molar-refractivity contribution in [2.45, 2.75) is 52.9 Å². The first-order valence-corrected chi connectivity index (χ1v) is 11.2. The number of amides is 1. The van der Waals surface area contributed by atoms with E-state index in [2.05, 4.69) is 19.9 Å². The van der Waals surface area contributed by atoms with Crippen molar-refractivity contribution in [3.05, 3.63) is 65.5 Å². The summed E-state index contributed by atoms with van der Waals surface area (Å²) < 4.78 is 21.8. The van der Waals surface area contributed by atoms with Gasteiger partial charge in [-0.25, -0.2) is 19.3 Å². The zero-order valence-corrected chi connectivity index (χ0v) is 20.1. The zero-order valence-electron chi connectivity index (χ0n) is 20.1. The molecule has 0 unspecified atom stereocenters. The Morgan fingerprint density at radius 3 is 2.63 bits per heavy atom. The van der Waals surface area contributed by atoms with Gasteiger partial charge in [0.1, 0.15) is 5.60 Å². The minimum atomic E-state index is -1.16. The van der Waals surface area contributed by atoms with Gasteiger partial charge >= 0.3 is 0 Å². The molecule has 1 aromatic carbocycles. The van der Waals surface area contributed by atoms with Crippen LogP contribution in [0.3, 0.4) is 0 Å². The number of aromatic nitrogens is 5. The summed E-state index contributed by atoms with van der Waals surface area (Å²) in [5.74, 6) is -0.394. The Morgan fingerprint density at radius 2 is 1.91 bits per heavy atom. The number of nitrogens with zero attached hydrogens (tertiary/aromatic N) is 6. The monoisotopic (exact) mass is 476 g/mol. The van der Waals surface area contributed by atoms with Gasteiger partial charge in [-0.2, -0.15) is 0 Å². The third-order valence-corrected chi connectivity index (χ3v) is 6.06. The van der Waals surface area contributed by atoms with E-state index in [1.807, 2.05) is 24.4 Å². The molecule has 3 aromatic heterocycles. The lowest BCUT2D eigenvalue weighted by molar-refractivity contribution is -0.125. The molecule has 1 atom stereocenters. The van der Waals surface area contributed by atoms with Gasteiger partial charge in [-0.1, -0.05) is 6.07 Å². The Hall–Kier alpha value is -3.92. The molecule has 0 saturated heterocycles. The van der Waals surface area contributed by atoms with Gasteiger partial charge in [-0.15, -0.1) is 0 Å². The summed E-state index contributed by atoms with van der Waals surface area (Å²) in [6.45, 7) is 8.72. The first-order chi connectivity index (χ1) is 16.5. The Kier molecular flexibility index (Phi) is 5.28. The van der Waals surface area contributed by atoms with E-state index in [-0.39, 0.29) is 18.2 Å². The molecule has 0 fully saturated rings. The Morgan fingerprint density at radius 1 is 1.14 bits per heavy atom. The molecule has 0 spiro atoms. The number of halogens is 1. The number of aliphatic hydroxyl groups is 1. The first kappa shape index (κ1) is 22.9. The van der Waals surface area contributed by atoms with Crippen molar-refractivity contribution < 1.29 is 19.0 Å². The van der Waals surface area contributed by atoms with Gasteiger partial charge in [0.15, 0.2) is 29.1 Å². The number of carbonyl (C=O) groups excluding carboxylic acids is 1. The normalized spacial score (nSPS) is 15.9. The van der Waals surface area contributed by atoms with E-state index in [1.165, 1.54) is 11.0 Å². The number of aryl methyl sites for hydroxylation is 2. The van der Waals surface area contributed by atoms with Gasteiger partial charge in [-0.3, -0.25) is 19.1 Å². The molecule has 10 heteroatoms. The van der Waals surface area contributed by atoms with Crippen molar-refractivity contribution in [1.29, 1.82) is 0 Å². The maximum Gasteiger partial charge on any atom is 0.268 e. The number of imidazole rings is 1. The number of fused-ring (bicyclic) bond motifs is 2.